The van der Waals surface area contributed by atoms with Gasteiger partial charge in [0.1, 0.15) is 11.4 Å². The van der Waals surface area contributed by atoms with E-state index in [-0.39, 0.29) is 5.75 Å². The zero-order chi connectivity index (χ0) is 9.26. The molecule has 2 rings (SSSR count). The Morgan fingerprint density at radius 2 is 2.31 bits per heavy atom. The molecule has 0 amide bonds. The smallest absolute Gasteiger partial charge is 0.174 e. The van der Waals surface area contributed by atoms with Crippen molar-refractivity contribution in [1.82, 2.24) is 15.0 Å². The average molecular weight is 193 g/mol. The summed E-state index contributed by atoms with van der Waals surface area (Å²) in [6.45, 7) is 0. The lowest BCUT2D eigenvalue weighted by Crippen LogP contribution is -1.82. The highest BCUT2D eigenvalue weighted by molar-refractivity contribution is 7.71. The van der Waals surface area contributed by atoms with E-state index in [4.69, 9.17) is 12.2 Å². The summed E-state index contributed by atoms with van der Waals surface area (Å²) in [6.07, 6.45) is 3.28. The fourth-order valence-corrected chi connectivity index (χ4v) is 1.23. The highest BCUT2D eigenvalue weighted by atomic mass is 32.1. The molecule has 0 aliphatic carbocycles. The van der Waals surface area contributed by atoms with Crippen LogP contribution in [0.25, 0.3) is 11.4 Å². The Kier molecular flexibility index (Phi) is 1.86. The number of H-pyrrole nitrogens is 2. The van der Waals surface area contributed by atoms with Gasteiger partial charge in [0.25, 0.3) is 0 Å². The van der Waals surface area contributed by atoms with Gasteiger partial charge in [-0.3, -0.25) is 4.98 Å². The van der Waals surface area contributed by atoms with Crippen molar-refractivity contribution in [3.8, 4) is 17.1 Å². The number of aromatic nitrogens is 3. The number of rotatable bonds is 1. The van der Waals surface area contributed by atoms with Crippen LogP contribution in [0.4, 0.5) is 0 Å². The number of imidazole rings is 1. The van der Waals surface area contributed by atoms with Gasteiger partial charge in [-0.1, -0.05) is 0 Å². The van der Waals surface area contributed by atoms with Crippen LogP contribution in [-0.4, -0.2) is 20.1 Å². The lowest BCUT2D eigenvalue weighted by molar-refractivity contribution is 0.475. The first kappa shape index (κ1) is 8.00. The van der Waals surface area contributed by atoms with Crippen molar-refractivity contribution in [1.29, 1.82) is 0 Å². The molecule has 0 radical (unpaired) electrons. The summed E-state index contributed by atoms with van der Waals surface area (Å²) in [7, 11) is 0. The summed E-state index contributed by atoms with van der Waals surface area (Å²) in [4.78, 5) is 9.69. The van der Waals surface area contributed by atoms with Crippen molar-refractivity contribution in [2.75, 3.05) is 0 Å². The minimum Gasteiger partial charge on any atom is -0.506 e. The molecule has 0 fully saturated rings. The van der Waals surface area contributed by atoms with E-state index in [2.05, 4.69) is 15.0 Å². The quantitative estimate of drug-likeness (QED) is 0.605. The van der Waals surface area contributed by atoms with Crippen LogP contribution in [0, 0.1) is 4.77 Å². The standard InChI is InChI=1S/C8H7N3OS/c12-6-2-1-3-9-7(6)5-4-10-8(13)11-5/h1-4,12H,(H2,10,11,13). The molecule has 3 N–H and O–H groups in total. The van der Waals surface area contributed by atoms with Gasteiger partial charge >= 0.3 is 0 Å². The molecule has 4 nitrogen and oxygen atoms in total. The highest BCUT2D eigenvalue weighted by Crippen LogP contribution is 2.23. The van der Waals surface area contributed by atoms with Crippen LogP contribution in [0.2, 0.25) is 0 Å². The van der Waals surface area contributed by atoms with Crippen molar-refractivity contribution in [2.24, 2.45) is 0 Å². The third kappa shape index (κ3) is 1.46. The van der Waals surface area contributed by atoms with Gasteiger partial charge in [0, 0.05) is 12.4 Å². The molecule has 0 aliphatic rings. The van der Waals surface area contributed by atoms with Crippen molar-refractivity contribution < 1.29 is 5.11 Å². The number of nitrogens with zero attached hydrogens (tertiary/aromatic N) is 1. The number of pyridine rings is 1. The molecule has 0 aliphatic heterocycles. The van der Waals surface area contributed by atoms with Crippen LogP contribution in [0.3, 0.4) is 0 Å². The topological polar surface area (TPSA) is 64.7 Å². The predicted octanol–water partition coefficient (Wildman–Crippen LogP) is 1.84. The van der Waals surface area contributed by atoms with Gasteiger partial charge in [0.05, 0.1) is 5.69 Å². The summed E-state index contributed by atoms with van der Waals surface area (Å²) in [6, 6.07) is 3.24. The first-order chi connectivity index (χ1) is 6.27. The minimum atomic E-state index is 0.132. The zero-order valence-corrected chi connectivity index (χ0v) is 7.43. The molecule has 2 aromatic heterocycles. The van der Waals surface area contributed by atoms with E-state index in [1.807, 2.05) is 0 Å². The molecule has 2 aromatic rings. The Bertz CT molecular complexity index is 474. The fraction of sp³-hybridized carbons (Fsp3) is 0. The van der Waals surface area contributed by atoms with Crippen LogP contribution >= 0.6 is 12.2 Å². The molecule has 0 atom stereocenters. The Morgan fingerprint density at radius 1 is 1.46 bits per heavy atom. The van der Waals surface area contributed by atoms with E-state index >= 15 is 0 Å². The van der Waals surface area contributed by atoms with Crippen LogP contribution < -0.4 is 0 Å². The number of aromatic hydroxyl groups is 1. The third-order valence-electron chi connectivity index (χ3n) is 1.64. The van der Waals surface area contributed by atoms with Crippen molar-refractivity contribution >= 4 is 12.2 Å². The SMILES string of the molecule is Oc1cccnc1-c1c[nH]c(=S)[nH]1. The van der Waals surface area contributed by atoms with E-state index in [0.29, 0.717) is 16.2 Å². The van der Waals surface area contributed by atoms with Gasteiger partial charge in [-0.25, -0.2) is 0 Å². The predicted molar refractivity (Wildman–Crippen MR) is 50.9 cm³/mol. The van der Waals surface area contributed by atoms with Gasteiger partial charge in [0.2, 0.25) is 0 Å². The van der Waals surface area contributed by atoms with Crippen LogP contribution in [0.1, 0.15) is 0 Å². The van der Waals surface area contributed by atoms with Crippen molar-refractivity contribution in [3.63, 3.8) is 0 Å². The first-order valence-corrected chi connectivity index (χ1v) is 4.10. The van der Waals surface area contributed by atoms with Crippen LogP contribution in [0.5, 0.6) is 5.75 Å². The summed E-state index contributed by atoms with van der Waals surface area (Å²) >= 11 is 4.86. The molecule has 0 bridgehead atoms. The summed E-state index contributed by atoms with van der Waals surface area (Å²) in [5.74, 6) is 0.132. The molecular formula is C8H7N3OS. The van der Waals surface area contributed by atoms with E-state index in [1.54, 1.807) is 24.5 Å². The van der Waals surface area contributed by atoms with Gasteiger partial charge in [-0.15, -0.1) is 0 Å². The molecule has 13 heavy (non-hydrogen) atoms. The maximum absolute atomic E-state index is 9.44. The van der Waals surface area contributed by atoms with E-state index in [1.165, 1.54) is 0 Å². The van der Waals surface area contributed by atoms with Gasteiger partial charge in [-0.2, -0.15) is 0 Å². The van der Waals surface area contributed by atoms with Gasteiger partial charge in [0.15, 0.2) is 4.77 Å². The summed E-state index contributed by atoms with van der Waals surface area (Å²) in [5.41, 5.74) is 1.18. The largest absolute Gasteiger partial charge is 0.506 e. The second-order valence-electron chi connectivity index (χ2n) is 2.53. The lowest BCUT2D eigenvalue weighted by Gasteiger charge is -1.97. The zero-order valence-electron chi connectivity index (χ0n) is 6.61. The first-order valence-electron chi connectivity index (χ1n) is 3.69. The molecule has 66 valence electrons. The van der Waals surface area contributed by atoms with E-state index in [9.17, 15) is 5.11 Å². The molecule has 0 spiro atoms. The molecule has 2 heterocycles. The van der Waals surface area contributed by atoms with Crippen LogP contribution in [-0.2, 0) is 0 Å². The Morgan fingerprint density at radius 3 is 2.92 bits per heavy atom. The molecule has 0 saturated heterocycles. The van der Waals surface area contributed by atoms with Crippen LogP contribution in [0.15, 0.2) is 24.5 Å². The highest BCUT2D eigenvalue weighted by Gasteiger charge is 2.04. The lowest BCUT2D eigenvalue weighted by atomic mass is 10.3. The normalized spacial score (nSPS) is 10.2. The number of hydrogen-bond acceptors (Lipinski definition) is 3. The second kappa shape index (κ2) is 3.02. The fourth-order valence-electron chi connectivity index (χ4n) is 1.06. The molecule has 5 heteroatoms. The number of nitrogens with one attached hydrogen (secondary N) is 2. The summed E-state index contributed by atoms with van der Waals surface area (Å²) in [5, 5.41) is 9.44. The minimum absolute atomic E-state index is 0.132. The third-order valence-corrected chi connectivity index (χ3v) is 1.86. The second-order valence-corrected chi connectivity index (χ2v) is 2.94. The maximum atomic E-state index is 9.44. The van der Waals surface area contributed by atoms with Crippen molar-refractivity contribution in [2.45, 2.75) is 0 Å². The number of hydrogen-bond donors (Lipinski definition) is 3. The molecular weight excluding hydrogens is 186 g/mol. The molecule has 0 saturated carbocycles. The number of aromatic amines is 2. The Labute approximate surface area is 79.3 Å². The summed E-state index contributed by atoms with van der Waals surface area (Å²) < 4.78 is 0.514. The monoisotopic (exact) mass is 193 g/mol. The van der Waals surface area contributed by atoms with Gasteiger partial charge in [-0.05, 0) is 24.4 Å². The van der Waals surface area contributed by atoms with E-state index < -0.39 is 0 Å². The van der Waals surface area contributed by atoms with Gasteiger partial charge < -0.3 is 15.1 Å². The molecule has 0 aromatic carbocycles. The molecule has 0 unspecified atom stereocenters. The average Bonchev–Trinajstić information content (AvgIpc) is 2.53. The Balaban J connectivity index is 2.58. The van der Waals surface area contributed by atoms with Crippen molar-refractivity contribution in [3.05, 3.63) is 29.3 Å². The Hall–Kier alpha value is -1.62. The maximum Gasteiger partial charge on any atom is 0.174 e. The van der Waals surface area contributed by atoms with E-state index in [0.717, 1.165) is 0 Å².